The molecule has 1 rings (SSSR count). The van der Waals surface area contributed by atoms with Crippen molar-refractivity contribution in [3.63, 3.8) is 0 Å². The minimum absolute atomic E-state index is 0.759. The van der Waals surface area contributed by atoms with Crippen molar-refractivity contribution in [1.82, 2.24) is 0 Å². The predicted molar refractivity (Wildman–Crippen MR) is 57.1 cm³/mol. The van der Waals surface area contributed by atoms with Gasteiger partial charge in [0.2, 0.25) is 0 Å². The Kier molecular flexibility index (Phi) is 3.29. The zero-order valence-electron chi connectivity index (χ0n) is 8.99. The largest absolute Gasteiger partial charge is 0.387 e. The maximum absolute atomic E-state index is 9.77. The van der Waals surface area contributed by atoms with Crippen molar-refractivity contribution in [1.29, 1.82) is 0 Å². The first-order valence-electron chi connectivity index (χ1n) is 4.94. The van der Waals surface area contributed by atoms with Gasteiger partial charge >= 0.3 is 0 Å². The summed E-state index contributed by atoms with van der Waals surface area (Å²) < 4.78 is 0. The average molecular weight is 194 g/mol. The van der Waals surface area contributed by atoms with E-state index in [1.807, 2.05) is 24.3 Å². The van der Waals surface area contributed by atoms with E-state index in [4.69, 9.17) is 0 Å². The molecule has 0 aromatic heterocycles. The highest BCUT2D eigenvalue weighted by Gasteiger charge is 2.25. The van der Waals surface area contributed by atoms with Crippen LogP contribution in [0.2, 0.25) is 0 Å². The molecule has 0 aliphatic carbocycles. The fraction of sp³-hybridized carbons (Fsp3) is 0.500. The van der Waals surface area contributed by atoms with E-state index in [0.717, 1.165) is 12.0 Å². The fourth-order valence-corrected chi connectivity index (χ4v) is 1.34. The molecule has 0 saturated heterocycles. The lowest BCUT2D eigenvalue weighted by Crippen LogP contribution is -2.28. The van der Waals surface area contributed by atoms with Crippen molar-refractivity contribution in [2.24, 2.45) is 0 Å². The van der Waals surface area contributed by atoms with E-state index < -0.39 is 11.7 Å². The van der Waals surface area contributed by atoms with Crippen LogP contribution in [0, 0.1) is 0 Å². The fourth-order valence-electron chi connectivity index (χ4n) is 1.34. The van der Waals surface area contributed by atoms with Crippen molar-refractivity contribution >= 4 is 0 Å². The standard InChI is InChI=1S/C12H18O2/c1-4-9-5-7-10(8-6-9)11(13)12(2,3)14/h5-8,11,13-14H,4H2,1-3H3. The molecule has 2 N–H and O–H groups in total. The van der Waals surface area contributed by atoms with Gasteiger partial charge in [0.25, 0.3) is 0 Å². The zero-order chi connectivity index (χ0) is 10.8. The van der Waals surface area contributed by atoms with Crippen LogP contribution >= 0.6 is 0 Å². The third kappa shape index (κ3) is 2.56. The highest BCUT2D eigenvalue weighted by atomic mass is 16.3. The smallest absolute Gasteiger partial charge is 0.107 e. The molecule has 0 fully saturated rings. The molecule has 0 heterocycles. The Hall–Kier alpha value is -0.860. The Balaban J connectivity index is 2.87. The quantitative estimate of drug-likeness (QED) is 0.773. The second kappa shape index (κ2) is 4.11. The van der Waals surface area contributed by atoms with Gasteiger partial charge in [-0.25, -0.2) is 0 Å². The summed E-state index contributed by atoms with van der Waals surface area (Å²) in [4.78, 5) is 0. The van der Waals surface area contributed by atoms with Gasteiger partial charge in [0, 0.05) is 0 Å². The van der Waals surface area contributed by atoms with Gasteiger partial charge in [-0.1, -0.05) is 31.2 Å². The highest BCUT2D eigenvalue weighted by molar-refractivity contribution is 5.25. The van der Waals surface area contributed by atoms with Crippen molar-refractivity contribution in [3.05, 3.63) is 35.4 Å². The molecule has 14 heavy (non-hydrogen) atoms. The molecule has 1 atom stereocenters. The zero-order valence-corrected chi connectivity index (χ0v) is 8.99. The van der Waals surface area contributed by atoms with E-state index in [-0.39, 0.29) is 0 Å². The van der Waals surface area contributed by atoms with Gasteiger partial charge in [-0.05, 0) is 31.4 Å². The minimum atomic E-state index is -1.09. The number of benzene rings is 1. The Morgan fingerprint density at radius 1 is 1.21 bits per heavy atom. The molecule has 2 nitrogen and oxygen atoms in total. The van der Waals surface area contributed by atoms with E-state index in [2.05, 4.69) is 6.92 Å². The van der Waals surface area contributed by atoms with Crippen molar-refractivity contribution in [2.75, 3.05) is 0 Å². The average Bonchev–Trinajstić information content (AvgIpc) is 2.15. The van der Waals surface area contributed by atoms with Gasteiger partial charge in [0.1, 0.15) is 6.10 Å². The number of hydrogen-bond donors (Lipinski definition) is 2. The second-order valence-corrected chi connectivity index (χ2v) is 4.15. The number of aliphatic hydroxyl groups excluding tert-OH is 1. The number of hydrogen-bond acceptors (Lipinski definition) is 2. The topological polar surface area (TPSA) is 40.5 Å². The third-order valence-electron chi connectivity index (χ3n) is 2.37. The maximum atomic E-state index is 9.77. The molecule has 2 heteroatoms. The first-order chi connectivity index (χ1) is 6.45. The van der Waals surface area contributed by atoms with Crippen LogP contribution in [0.25, 0.3) is 0 Å². The van der Waals surface area contributed by atoms with Crippen LogP contribution in [0.1, 0.15) is 38.0 Å². The van der Waals surface area contributed by atoms with Gasteiger partial charge in [-0.3, -0.25) is 0 Å². The summed E-state index contributed by atoms with van der Waals surface area (Å²) in [7, 11) is 0. The van der Waals surface area contributed by atoms with Crippen LogP contribution in [-0.4, -0.2) is 15.8 Å². The summed E-state index contributed by atoms with van der Waals surface area (Å²) in [5.74, 6) is 0. The van der Waals surface area contributed by atoms with Crippen molar-refractivity contribution in [3.8, 4) is 0 Å². The SMILES string of the molecule is CCc1ccc(C(O)C(C)(C)O)cc1. The van der Waals surface area contributed by atoms with E-state index in [0.29, 0.717) is 0 Å². The van der Waals surface area contributed by atoms with E-state index in [1.165, 1.54) is 5.56 Å². The second-order valence-electron chi connectivity index (χ2n) is 4.15. The molecule has 0 radical (unpaired) electrons. The molecule has 0 amide bonds. The number of rotatable bonds is 3. The lowest BCUT2D eigenvalue weighted by Gasteiger charge is -2.24. The summed E-state index contributed by atoms with van der Waals surface area (Å²) in [6, 6.07) is 7.68. The maximum Gasteiger partial charge on any atom is 0.107 e. The summed E-state index contributed by atoms with van der Waals surface area (Å²) in [6.07, 6.45) is 0.159. The molecule has 0 aliphatic rings. The van der Waals surface area contributed by atoms with Gasteiger partial charge in [0.05, 0.1) is 5.60 Å². The van der Waals surface area contributed by atoms with Gasteiger partial charge in [0.15, 0.2) is 0 Å². The Morgan fingerprint density at radius 2 is 1.71 bits per heavy atom. The van der Waals surface area contributed by atoms with Crippen LogP contribution < -0.4 is 0 Å². The number of aliphatic hydroxyl groups is 2. The van der Waals surface area contributed by atoms with Crippen LogP contribution in [0.3, 0.4) is 0 Å². The van der Waals surface area contributed by atoms with Crippen molar-refractivity contribution < 1.29 is 10.2 Å². The van der Waals surface area contributed by atoms with E-state index >= 15 is 0 Å². The Labute approximate surface area is 85.2 Å². The monoisotopic (exact) mass is 194 g/mol. The normalized spacial score (nSPS) is 14.1. The minimum Gasteiger partial charge on any atom is -0.387 e. The molecule has 0 aliphatic heterocycles. The van der Waals surface area contributed by atoms with Crippen LogP contribution in [0.5, 0.6) is 0 Å². The summed E-state index contributed by atoms with van der Waals surface area (Å²) in [6.45, 7) is 5.29. The molecule has 78 valence electrons. The first kappa shape index (κ1) is 11.2. The summed E-state index contributed by atoms with van der Waals surface area (Å²) in [5, 5.41) is 19.4. The summed E-state index contributed by atoms with van der Waals surface area (Å²) in [5.41, 5.74) is 0.902. The first-order valence-corrected chi connectivity index (χ1v) is 4.94. The molecule has 0 spiro atoms. The van der Waals surface area contributed by atoms with Crippen LogP contribution in [0.15, 0.2) is 24.3 Å². The van der Waals surface area contributed by atoms with Crippen LogP contribution in [-0.2, 0) is 6.42 Å². The molecular weight excluding hydrogens is 176 g/mol. The van der Waals surface area contributed by atoms with Crippen molar-refractivity contribution in [2.45, 2.75) is 38.9 Å². The summed E-state index contributed by atoms with van der Waals surface area (Å²) >= 11 is 0. The lowest BCUT2D eigenvalue weighted by atomic mass is 9.94. The third-order valence-corrected chi connectivity index (χ3v) is 2.37. The van der Waals surface area contributed by atoms with Gasteiger partial charge in [-0.2, -0.15) is 0 Å². The highest BCUT2D eigenvalue weighted by Crippen LogP contribution is 2.25. The Bertz CT molecular complexity index is 282. The van der Waals surface area contributed by atoms with E-state index in [9.17, 15) is 10.2 Å². The molecule has 1 aromatic carbocycles. The van der Waals surface area contributed by atoms with Crippen LogP contribution in [0.4, 0.5) is 0 Å². The molecule has 1 aromatic rings. The van der Waals surface area contributed by atoms with Gasteiger partial charge in [-0.15, -0.1) is 0 Å². The molecule has 1 unspecified atom stereocenters. The number of aryl methyl sites for hydroxylation is 1. The Morgan fingerprint density at radius 3 is 2.07 bits per heavy atom. The van der Waals surface area contributed by atoms with E-state index in [1.54, 1.807) is 13.8 Å². The lowest BCUT2D eigenvalue weighted by molar-refractivity contribution is -0.0496. The predicted octanol–water partition coefficient (Wildman–Crippen LogP) is 2.05. The molecular formula is C12H18O2. The molecule has 0 bridgehead atoms. The molecule has 0 saturated carbocycles. The van der Waals surface area contributed by atoms with Gasteiger partial charge < -0.3 is 10.2 Å².